The summed E-state index contributed by atoms with van der Waals surface area (Å²) in [6, 6.07) is 21.2. The lowest BCUT2D eigenvalue weighted by Crippen LogP contribution is -2.31. The van der Waals surface area contributed by atoms with Gasteiger partial charge in [0.05, 0.1) is 16.8 Å². The molecule has 1 N–H and O–H groups in total. The van der Waals surface area contributed by atoms with Gasteiger partial charge >= 0.3 is 0 Å². The van der Waals surface area contributed by atoms with Gasteiger partial charge < -0.3 is 10.2 Å². The maximum Gasteiger partial charge on any atom is 0.267 e. The number of rotatable bonds is 5. The minimum absolute atomic E-state index is 0.0436. The maximum atomic E-state index is 13.5. The first-order chi connectivity index (χ1) is 16.1. The molecule has 0 radical (unpaired) electrons. The monoisotopic (exact) mass is 476 g/mol. The Hall–Kier alpha value is -3.43. The number of carbonyl (C=O) groups is 1. The Bertz CT molecular complexity index is 1400. The van der Waals surface area contributed by atoms with E-state index in [-0.39, 0.29) is 23.3 Å². The molecule has 3 heterocycles. The van der Waals surface area contributed by atoms with Crippen molar-refractivity contribution < 1.29 is 9.63 Å². The van der Waals surface area contributed by atoms with Crippen LogP contribution in [0.3, 0.4) is 0 Å². The number of hydrogen-bond acceptors (Lipinski definition) is 7. The average molecular weight is 477 g/mol. The number of oxime groups is 1. The van der Waals surface area contributed by atoms with Gasteiger partial charge in [0.25, 0.3) is 5.56 Å². The van der Waals surface area contributed by atoms with Crippen LogP contribution in [-0.4, -0.2) is 33.2 Å². The molecule has 0 bridgehead atoms. The van der Waals surface area contributed by atoms with E-state index >= 15 is 0 Å². The topological polar surface area (TPSA) is 85.6 Å². The van der Waals surface area contributed by atoms with Crippen LogP contribution in [0.25, 0.3) is 26.3 Å². The zero-order valence-corrected chi connectivity index (χ0v) is 19.4. The molecule has 0 spiro atoms. The summed E-state index contributed by atoms with van der Waals surface area (Å²) in [5.74, 6) is 0.388. The summed E-state index contributed by atoms with van der Waals surface area (Å²) < 4.78 is 1.57. The highest BCUT2D eigenvalue weighted by atomic mass is 32.2. The quantitative estimate of drug-likeness (QED) is 0.340. The van der Waals surface area contributed by atoms with Crippen molar-refractivity contribution in [1.82, 2.24) is 14.9 Å². The number of thioether (sulfide) groups is 1. The molecule has 1 unspecified atom stereocenters. The van der Waals surface area contributed by atoms with Crippen LogP contribution in [0.5, 0.6) is 0 Å². The SMILES string of the molecule is CC1CC(NC(=O)CSc2nc3sc(-c4ccccc4)cc3c(=O)n2-c2ccccc2)=NO1. The Morgan fingerprint density at radius 1 is 1.18 bits per heavy atom. The molecule has 5 rings (SSSR count). The van der Waals surface area contributed by atoms with Crippen LogP contribution in [0.2, 0.25) is 0 Å². The number of nitrogens with one attached hydrogen (secondary N) is 1. The largest absolute Gasteiger partial charge is 0.391 e. The number of nitrogens with zero attached hydrogens (tertiary/aromatic N) is 3. The van der Waals surface area contributed by atoms with E-state index in [1.165, 1.54) is 23.1 Å². The molecule has 1 aliphatic rings. The Morgan fingerprint density at radius 2 is 1.91 bits per heavy atom. The molecule has 166 valence electrons. The van der Waals surface area contributed by atoms with Gasteiger partial charge in [-0.15, -0.1) is 11.3 Å². The third-order valence-electron chi connectivity index (χ3n) is 5.05. The van der Waals surface area contributed by atoms with Crippen LogP contribution in [0.15, 0.2) is 81.8 Å². The summed E-state index contributed by atoms with van der Waals surface area (Å²) in [5, 5.41) is 7.66. The van der Waals surface area contributed by atoms with Gasteiger partial charge in [-0.25, -0.2) is 4.98 Å². The van der Waals surface area contributed by atoms with Crippen molar-refractivity contribution >= 4 is 45.1 Å². The molecule has 7 nitrogen and oxygen atoms in total. The molecule has 1 atom stereocenters. The van der Waals surface area contributed by atoms with Crippen LogP contribution in [0.4, 0.5) is 0 Å². The number of amides is 1. The number of aromatic nitrogens is 2. The molecule has 0 saturated carbocycles. The maximum absolute atomic E-state index is 13.5. The van der Waals surface area contributed by atoms with Crippen molar-refractivity contribution in [3.63, 3.8) is 0 Å². The second kappa shape index (κ2) is 9.21. The first-order valence-electron chi connectivity index (χ1n) is 10.4. The van der Waals surface area contributed by atoms with E-state index < -0.39 is 0 Å². The van der Waals surface area contributed by atoms with Crippen LogP contribution in [0.1, 0.15) is 13.3 Å². The van der Waals surface area contributed by atoms with Crippen LogP contribution >= 0.6 is 23.1 Å². The molecule has 1 aliphatic heterocycles. The van der Waals surface area contributed by atoms with Gasteiger partial charge in [0.15, 0.2) is 11.0 Å². The molecular weight excluding hydrogens is 456 g/mol. The lowest BCUT2D eigenvalue weighted by atomic mass is 10.2. The lowest BCUT2D eigenvalue weighted by molar-refractivity contribution is -0.117. The van der Waals surface area contributed by atoms with Gasteiger partial charge in [-0.05, 0) is 30.7 Å². The Morgan fingerprint density at radius 3 is 2.61 bits per heavy atom. The number of thiophene rings is 1. The van der Waals surface area contributed by atoms with Gasteiger partial charge in [0, 0.05) is 11.3 Å². The minimum atomic E-state index is -0.221. The van der Waals surface area contributed by atoms with Crippen molar-refractivity contribution in [3.05, 3.63) is 77.1 Å². The van der Waals surface area contributed by atoms with E-state index in [4.69, 9.17) is 9.82 Å². The van der Waals surface area contributed by atoms with Gasteiger partial charge in [0.1, 0.15) is 10.9 Å². The van der Waals surface area contributed by atoms with Crippen LogP contribution in [-0.2, 0) is 9.63 Å². The third kappa shape index (κ3) is 4.55. The van der Waals surface area contributed by atoms with E-state index in [2.05, 4.69) is 10.5 Å². The standard InChI is InChI=1S/C24H20N4O3S2/c1-15-12-20(27-31-15)25-21(29)14-32-24-26-22-18(13-19(33-22)16-8-4-2-5-9-16)23(30)28(24)17-10-6-3-7-11-17/h2-11,13,15H,12,14H2,1H3,(H,25,27,29). The highest BCUT2D eigenvalue weighted by Crippen LogP contribution is 2.32. The second-order valence-corrected chi connectivity index (χ2v) is 9.53. The van der Waals surface area contributed by atoms with E-state index in [1.807, 2.05) is 73.7 Å². The number of amidine groups is 1. The third-order valence-corrected chi connectivity index (χ3v) is 7.06. The predicted molar refractivity (Wildman–Crippen MR) is 132 cm³/mol. The van der Waals surface area contributed by atoms with Crippen molar-refractivity contribution in [2.45, 2.75) is 24.6 Å². The van der Waals surface area contributed by atoms with Crippen molar-refractivity contribution in [3.8, 4) is 16.1 Å². The molecule has 4 aromatic rings. The summed E-state index contributed by atoms with van der Waals surface area (Å²) in [4.78, 5) is 37.5. The average Bonchev–Trinajstić information content (AvgIpc) is 3.45. The highest BCUT2D eigenvalue weighted by molar-refractivity contribution is 7.99. The predicted octanol–water partition coefficient (Wildman–Crippen LogP) is 4.44. The molecule has 0 saturated heterocycles. The number of benzene rings is 2. The van der Waals surface area contributed by atoms with Gasteiger partial charge in [0.2, 0.25) is 5.91 Å². The number of fused-ring (bicyclic) bond motifs is 1. The fourth-order valence-corrected chi connectivity index (χ4v) is 5.40. The van der Waals surface area contributed by atoms with Crippen molar-refractivity contribution in [2.75, 3.05) is 5.75 Å². The molecular formula is C24H20N4O3S2. The second-order valence-electron chi connectivity index (χ2n) is 7.56. The van der Waals surface area contributed by atoms with Gasteiger partial charge in [-0.2, -0.15) is 0 Å². The molecule has 2 aromatic carbocycles. The molecule has 0 fully saturated rings. The van der Waals surface area contributed by atoms with Gasteiger partial charge in [-0.3, -0.25) is 14.2 Å². The summed E-state index contributed by atoms with van der Waals surface area (Å²) in [6.07, 6.45) is 0.519. The fourth-order valence-electron chi connectivity index (χ4n) is 3.51. The number of hydrogen-bond donors (Lipinski definition) is 1. The van der Waals surface area contributed by atoms with E-state index in [0.717, 1.165) is 10.4 Å². The zero-order chi connectivity index (χ0) is 22.8. The zero-order valence-electron chi connectivity index (χ0n) is 17.7. The molecule has 0 aliphatic carbocycles. The Balaban J connectivity index is 1.50. The highest BCUT2D eigenvalue weighted by Gasteiger charge is 2.20. The minimum Gasteiger partial charge on any atom is -0.391 e. The summed E-state index contributed by atoms with van der Waals surface area (Å²) in [5.41, 5.74) is 1.58. The lowest BCUT2D eigenvalue weighted by Gasteiger charge is -2.11. The normalized spacial score (nSPS) is 15.3. The molecule has 2 aromatic heterocycles. The van der Waals surface area contributed by atoms with E-state index in [0.29, 0.717) is 33.3 Å². The Labute approximate surface area is 198 Å². The van der Waals surface area contributed by atoms with Crippen LogP contribution in [0, 0.1) is 0 Å². The molecule has 33 heavy (non-hydrogen) atoms. The summed E-state index contributed by atoms with van der Waals surface area (Å²) in [6.45, 7) is 1.89. The first kappa shape index (κ1) is 21.4. The molecule has 9 heteroatoms. The fraction of sp³-hybridized carbons (Fsp3) is 0.167. The van der Waals surface area contributed by atoms with Crippen LogP contribution < -0.4 is 10.9 Å². The van der Waals surface area contributed by atoms with Crippen molar-refractivity contribution in [2.24, 2.45) is 5.16 Å². The van der Waals surface area contributed by atoms with E-state index in [9.17, 15) is 9.59 Å². The summed E-state index contributed by atoms with van der Waals surface area (Å²) in [7, 11) is 0. The molecule has 1 amide bonds. The number of carbonyl (C=O) groups excluding carboxylic acids is 1. The smallest absolute Gasteiger partial charge is 0.267 e. The Kier molecular flexibility index (Phi) is 5.97. The van der Waals surface area contributed by atoms with Gasteiger partial charge in [-0.1, -0.05) is 65.4 Å². The first-order valence-corrected chi connectivity index (χ1v) is 12.2. The summed E-state index contributed by atoms with van der Waals surface area (Å²) >= 11 is 2.69. The van der Waals surface area contributed by atoms with E-state index in [1.54, 1.807) is 4.57 Å². The number of para-hydroxylation sites is 1. The van der Waals surface area contributed by atoms with Crippen molar-refractivity contribution in [1.29, 1.82) is 0 Å².